The number of fused-ring (bicyclic) bond motifs is 1. The molecule has 3 heterocycles. The monoisotopic (exact) mass is 354 g/mol. The van der Waals surface area contributed by atoms with Gasteiger partial charge in [0.2, 0.25) is 11.3 Å². The van der Waals surface area contributed by atoms with Gasteiger partial charge < -0.3 is 20.4 Å². The molecule has 7 nitrogen and oxygen atoms in total. The number of likely N-dealkylation sites (tertiary alicyclic amines) is 1. The van der Waals surface area contributed by atoms with E-state index in [0.29, 0.717) is 25.1 Å². The Labute approximate surface area is 151 Å². The van der Waals surface area contributed by atoms with E-state index in [1.807, 2.05) is 24.3 Å². The molecule has 0 unspecified atom stereocenters. The van der Waals surface area contributed by atoms with Gasteiger partial charge in [0.1, 0.15) is 5.54 Å². The van der Waals surface area contributed by atoms with Crippen molar-refractivity contribution in [1.29, 1.82) is 0 Å². The molecule has 2 aromatic rings. The Hall–Kier alpha value is -2.80. The Kier molecular flexibility index (Phi) is 4.16. The number of pyridine rings is 1. The summed E-state index contributed by atoms with van der Waals surface area (Å²) in [6, 6.07) is 9.35. The number of nitrogens with zero attached hydrogens (tertiary/aromatic N) is 1. The second-order valence-corrected chi connectivity index (χ2v) is 6.87. The normalized spacial score (nSPS) is 18.7. The first kappa shape index (κ1) is 16.7. The third-order valence-corrected chi connectivity index (χ3v) is 5.24. The van der Waals surface area contributed by atoms with Crippen LogP contribution in [-0.4, -0.2) is 41.5 Å². The van der Waals surface area contributed by atoms with Gasteiger partial charge in [-0.1, -0.05) is 12.1 Å². The van der Waals surface area contributed by atoms with Crippen LogP contribution >= 0.6 is 0 Å². The molecule has 7 heteroatoms. The van der Waals surface area contributed by atoms with Crippen LogP contribution < -0.4 is 20.8 Å². The Morgan fingerprint density at radius 1 is 1.15 bits per heavy atom. The van der Waals surface area contributed by atoms with E-state index in [9.17, 15) is 9.59 Å². The van der Waals surface area contributed by atoms with E-state index in [2.05, 4.69) is 20.5 Å². The summed E-state index contributed by atoms with van der Waals surface area (Å²) < 4.78 is 5.00. The van der Waals surface area contributed by atoms with Crippen molar-refractivity contribution in [3.63, 3.8) is 0 Å². The molecule has 26 heavy (non-hydrogen) atoms. The molecule has 0 radical (unpaired) electrons. The number of ether oxygens (including phenoxy) is 1. The number of hydrogen-bond acceptors (Lipinski definition) is 5. The van der Waals surface area contributed by atoms with Gasteiger partial charge in [-0.05, 0) is 25.0 Å². The summed E-state index contributed by atoms with van der Waals surface area (Å²) in [6.45, 7) is 2.20. The fourth-order valence-electron chi connectivity index (χ4n) is 3.69. The standard InChI is InChI=1S/C19H22N4O3/c1-26-17-11-20-13(10-16(17)24)12-23-8-6-19(7-9-23)18(25)21-14-4-2-3-5-15(14)22-19/h2-5,10-11,22H,6-9,12H2,1H3,(H,20,24)(H,21,25). The van der Waals surface area contributed by atoms with Gasteiger partial charge in [-0.2, -0.15) is 0 Å². The van der Waals surface area contributed by atoms with Crippen molar-refractivity contribution >= 4 is 17.3 Å². The number of aromatic nitrogens is 1. The van der Waals surface area contributed by atoms with Gasteiger partial charge in [-0.15, -0.1) is 0 Å². The maximum atomic E-state index is 12.7. The third kappa shape index (κ3) is 2.94. The van der Waals surface area contributed by atoms with Crippen LogP contribution in [0.4, 0.5) is 11.4 Å². The van der Waals surface area contributed by atoms with Crippen molar-refractivity contribution < 1.29 is 9.53 Å². The van der Waals surface area contributed by atoms with Crippen molar-refractivity contribution in [1.82, 2.24) is 9.88 Å². The number of rotatable bonds is 3. The lowest BCUT2D eigenvalue weighted by atomic mass is 9.84. The number of carbonyl (C=O) groups is 1. The molecule has 0 bridgehead atoms. The minimum absolute atomic E-state index is 0.0358. The zero-order chi connectivity index (χ0) is 18.1. The molecule has 0 aliphatic carbocycles. The third-order valence-electron chi connectivity index (χ3n) is 5.24. The fourth-order valence-corrected chi connectivity index (χ4v) is 3.69. The zero-order valence-corrected chi connectivity index (χ0v) is 14.7. The summed E-state index contributed by atoms with van der Waals surface area (Å²) in [5.41, 5.74) is 1.97. The number of piperidine rings is 1. The van der Waals surface area contributed by atoms with E-state index in [0.717, 1.165) is 30.2 Å². The maximum Gasteiger partial charge on any atom is 0.250 e. The van der Waals surface area contributed by atoms with Crippen molar-refractivity contribution in [3.05, 3.63) is 52.4 Å². The summed E-state index contributed by atoms with van der Waals surface area (Å²) in [5, 5.41) is 6.48. The minimum Gasteiger partial charge on any atom is -0.491 e. The summed E-state index contributed by atoms with van der Waals surface area (Å²) in [4.78, 5) is 29.9. The molecular formula is C19H22N4O3. The molecule has 2 aliphatic rings. The highest BCUT2D eigenvalue weighted by Gasteiger charge is 2.44. The van der Waals surface area contributed by atoms with E-state index in [4.69, 9.17) is 4.74 Å². The molecule has 0 saturated carbocycles. The van der Waals surface area contributed by atoms with Crippen LogP contribution in [0.25, 0.3) is 0 Å². The van der Waals surface area contributed by atoms with Crippen LogP contribution in [0.15, 0.2) is 41.3 Å². The SMILES string of the molecule is COc1c[nH]c(CN2CCC3(CC2)Nc2ccccc2NC3=O)cc1=O. The average molecular weight is 354 g/mol. The molecule has 1 fully saturated rings. The number of H-pyrrole nitrogens is 1. The van der Waals surface area contributed by atoms with E-state index in [-0.39, 0.29) is 11.3 Å². The van der Waals surface area contributed by atoms with Crippen molar-refractivity contribution in [3.8, 4) is 5.75 Å². The van der Waals surface area contributed by atoms with Gasteiger partial charge in [-0.25, -0.2) is 0 Å². The number of carbonyl (C=O) groups excluding carboxylic acids is 1. The van der Waals surface area contributed by atoms with Crippen LogP contribution in [0.1, 0.15) is 18.5 Å². The predicted octanol–water partition coefficient (Wildman–Crippen LogP) is 1.78. The number of benzene rings is 1. The van der Waals surface area contributed by atoms with Crippen LogP contribution in [0.3, 0.4) is 0 Å². The Balaban J connectivity index is 1.43. The number of aromatic amines is 1. The van der Waals surface area contributed by atoms with Crippen molar-refractivity contribution in [2.45, 2.75) is 24.9 Å². The topological polar surface area (TPSA) is 86.5 Å². The predicted molar refractivity (Wildman–Crippen MR) is 99.6 cm³/mol. The Morgan fingerprint density at radius 2 is 1.88 bits per heavy atom. The summed E-state index contributed by atoms with van der Waals surface area (Å²) in [7, 11) is 1.48. The highest BCUT2D eigenvalue weighted by Crippen LogP contribution is 2.36. The number of hydrogen-bond donors (Lipinski definition) is 3. The molecule has 1 aromatic heterocycles. The summed E-state index contributed by atoms with van der Waals surface area (Å²) in [5.74, 6) is 0.349. The van der Waals surface area contributed by atoms with Gasteiger partial charge >= 0.3 is 0 Å². The van der Waals surface area contributed by atoms with Gasteiger partial charge in [0, 0.05) is 37.6 Å². The molecule has 2 aliphatic heterocycles. The lowest BCUT2D eigenvalue weighted by molar-refractivity contribution is -0.122. The van der Waals surface area contributed by atoms with Crippen LogP contribution in [-0.2, 0) is 11.3 Å². The number of para-hydroxylation sites is 2. The minimum atomic E-state index is -0.557. The molecule has 136 valence electrons. The number of methoxy groups -OCH3 is 1. The maximum absolute atomic E-state index is 12.7. The van der Waals surface area contributed by atoms with Gasteiger partial charge in [0.15, 0.2) is 5.75 Å². The molecule has 1 aromatic carbocycles. The lowest BCUT2D eigenvalue weighted by Crippen LogP contribution is -2.58. The first-order valence-corrected chi connectivity index (χ1v) is 8.76. The Bertz CT molecular complexity index is 884. The smallest absolute Gasteiger partial charge is 0.250 e. The molecule has 1 amide bonds. The van der Waals surface area contributed by atoms with Gasteiger partial charge in [0.25, 0.3) is 0 Å². The van der Waals surface area contributed by atoms with Crippen LogP contribution in [0.2, 0.25) is 0 Å². The van der Waals surface area contributed by atoms with E-state index in [1.165, 1.54) is 7.11 Å². The second-order valence-electron chi connectivity index (χ2n) is 6.87. The first-order chi connectivity index (χ1) is 12.6. The molecule has 1 saturated heterocycles. The van der Waals surface area contributed by atoms with E-state index >= 15 is 0 Å². The molecule has 0 atom stereocenters. The molecular weight excluding hydrogens is 332 g/mol. The molecule has 1 spiro atoms. The van der Waals surface area contributed by atoms with Crippen molar-refractivity contribution in [2.24, 2.45) is 0 Å². The van der Waals surface area contributed by atoms with Gasteiger partial charge in [0.05, 0.1) is 18.5 Å². The Morgan fingerprint density at radius 3 is 2.58 bits per heavy atom. The summed E-state index contributed by atoms with van der Waals surface area (Å²) in [6.07, 6.45) is 3.03. The first-order valence-electron chi connectivity index (χ1n) is 8.76. The lowest BCUT2D eigenvalue weighted by Gasteiger charge is -2.44. The number of anilines is 2. The van der Waals surface area contributed by atoms with E-state index in [1.54, 1.807) is 12.3 Å². The number of amides is 1. The largest absolute Gasteiger partial charge is 0.491 e. The highest BCUT2D eigenvalue weighted by atomic mass is 16.5. The van der Waals surface area contributed by atoms with E-state index < -0.39 is 5.54 Å². The highest BCUT2D eigenvalue weighted by molar-refractivity contribution is 6.06. The molecule has 3 N–H and O–H groups in total. The zero-order valence-electron chi connectivity index (χ0n) is 14.7. The molecule has 4 rings (SSSR count). The van der Waals surface area contributed by atoms with Crippen LogP contribution in [0.5, 0.6) is 5.75 Å². The van der Waals surface area contributed by atoms with Crippen LogP contribution in [0, 0.1) is 0 Å². The quantitative estimate of drug-likeness (QED) is 0.782. The summed E-state index contributed by atoms with van der Waals surface area (Å²) >= 11 is 0. The second kappa shape index (κ2) is 6.49. The average Bonchev–Trinajstić information content (AvgIpc) is 2.65. The van der Waals surface area contributed by atoms with Gasteiger partial charge in [-0.3, -0.25) is 14.5 Å². The van der Waals surface area contributed by atoms with Crippen molar-refractivity contribution in [2.75, 3.05) is 30.8 Å². The number of nitrogens with one attached hydrogen (secondary N) is 3. The fraction of sp³-hybridized carbons (Fsp3) is 0.368.